The number of nitrogens with zero attached hydrogens (tertiary/aromatic N) is 4. The van der Waals surface area contributed by atoms with Crippen LogP contribution < -0.4 is 10.1 Å². The number of hydrogen-bond donors (Lipinski definition) is 1. The molecule has 0 amide bonds. The molecule has 1 aromatic heterocycles. The van der Waals surface area contributed by atoms with Crippen LogP contribution in [0.4, 0.5) is 0 Å². The van der Waals surface area contributed by atoms with Crippen LogP contribution in [0.3, 0.4) is 0 Å². The van der Waals surface area contributed by atoms with E-state index >= 15 is 0 Å². The third-order valence-corrected chi connectivity index (χ3v) is 2.28. The minimum absolute atomic E-state index is 0.0180. The second-order valence-electron chi connectivity index (χ2n) is 3.26. The van der Waals surface area contributed by atoms with Gasteiger partial charge < -0.3 is 10.1 Å². The van der Waals surface area contributed by atoms with Crippen molar-refractivity contribution in [1.29, 1.82) is 0 Å². The monoisotopic (exact) mass is 205 g/mol. The van der Waals surface area contributed by atoms with Gasteiger partial charge in [0.2, 0.25) is 5.88 Å². The third kappa shape index (κ3) is 2.37. The fourth-order valence-corrected chi connectivity index (χ4v) is 1.36. The number of aromatic nitrogens is 1. The first-order valence-electron chi connectivity index (χ1n) is 4.71. The topological polar surface area (TPSA) is 82.9 Å². The largest absolute Gasteiger partial charge is 0.472 e. The molecule has 0 bridgehead atoms. The molecule has 0 atom stereocenters. The summed E-state index contributed by atoms with van der Waals surface area (Å²) in [6.45, 7) is 1.91. The number of ether oxygens (including phenoxy) is 1. The van der Waals surface area contributed by atoms with Crippen molar-refractivity contribution in [1.82, 2.24) is 10.3 Å². The Hall–Kier alpha value is -1.78. The van der Waals surface area contributed by atoms with Gasteiger partial charge in [-0.15, -0.1) is 0 Å². The van der Waals surface area contributed by atoms with Crippen molar-refractivity contribution in [2.24, 2.45) is 5.11 Å². The quantitative estimate of drug-likeness (QED) is 0.458. The van der Waals surface area contributed by atoms with E-state index in [9.17, 15) is 0 Å². The van der Waals surface area contributed by atoms with Crippen LogP contribution in [0.25, 0.3) is 10.4 Å². The predicted octanol–water partition coefficient (Wildman–Crippen LogP) is 1.41. The molecule has 1 aromatic rings. The van der Waals surface area contributed by atoms with Gasteiger partial charge in [0.1, 0.15) is 0 Å². The third-order valence-electron chi connectivity index (χ3n) is 2.28. The smallest absolute Gasteiger partial charge is 0.213 e. The van der Waals surface area contributed by atoms with Crippen LogP contribution in [-0.2, 0) is 0 Å². The zero-order valence-corrected chi connectivity index (χ0v) is 8.13. The van der Waals surface area contributed by atoms with Crippen LogP contribution in [0.2, 0.25) is 0 Å². The summed E-state index contributed by atoms with van der Waals surface area (Å²) in [5, 5.41) is 6.47. The Bertz CT molecular complexity index is 384. The van der Waals surface area contributed by atoms with E-state index in [4.69, 9.17) is 10.3 Å². The lowest BCUT2D eigenvalue weighted by atomic mass is 9.99. The minimum Gasteiger partial charge on any atom is -0.472 e. The van der Waals surface area contributed by atoms with E-state index in [0.29, 0.717) is 11.8 Å². The summed E-state index contributed by atoms with van der Waals surface area (Å²) < 4.78 is 5.15. The van der Waals surface area contributed by atoms with E-state index < -0.39 is 0 Å². The maximum Gasteiger partial charge on any atom is 0.213 e. The molecule has 78 valence electrons. The zero-order chi connectivity index (χ0) is 10.5. The molecule has 0 unspecified atom stereocenters. The molecular weight excluding hydrogens is 194 g/mol. The van der Waals surface area contributed by atoms with Crippen LogP contribution in [0, 0.1) is 0 Å². The van der Waals surface area contributed by atoms with Gasteiger partial charge in [0, 0.05) is 30.0 Å². The van der Waals surface area contributed by atoms with Crippen molar-refractivity contribution in [2.75, 3.05) is 19.8 Å². The van der Waals surface area contributed by atoms with Gasteiger partial charge >= 0.3 is 0 Å². The highest BCUT2D eigenvalue weighted by Crippen LogP contribution is 2.19. The number of hydrogen-bond acceptors (Lipinski definition) is 4. The molecule has 0 aromatic carbocycles. The molecule has 2 rings (SSSR count). The lowest BCUT2D eigenvalue weighted by molar-refractivity contribution is 0.313. The molecule has 15 heavy (non-hydrogen) atoms. The normalized spacial score (nSPS) is 15.2. The van der Waals surface area contributed by atoms with Crippen LogP contribution in [0.1, 0.15) is 11.6 Å². The molecule has 1 aliphatic heterocycles. The Kier molecular flexibility index (Phi) is 3.02. The second-order valence-corrected chi connectivity index (χ2v) is 3.26. The fraction of sp³-hybridized carbons (Fsp3) is 0.444. The van der Waals surface area contributed by atoms with Crippen molar-refractivity contribution in [3.8, 4) is 5.88 Å². The van der Waals surface area contributed by atoms with Crippen LogP contribution in [-0.4, -0.2) is 24.8 Å². The molecule has 2 heterocycles. The average molecular weight is 205 g/mol. The summed E-state index contributed by atoms with van der Waals surface area (Å²) in [5.41, 5.74) is 9.10. The Labute approximate surface area is 86.9 Å². The first-order valence-corrected chi connectivity index (χ1v) is 4.71. The Morgan fingerprint density at radius 2 is 2.47 bits per heavy atom. The second kappa shape index (κ2) is 4.63. The van der Waals surface area contributed by atoms with Gasteiger partial charge in [-0.05, 0) is 11.6 Å². The van der Waals surface area contributed by atoms with Crippen molar-refractivity contribution in [2.45, 2.75) is 5.92 Å². The fourth-order valence-electron chi connectivity index (χ4n) is 1.36. The highest BCUT2D eigenvalue weighted by molar-refractivity contribution is 5.20. The Morgan fingerprint density at radius 3 is 3.13 bits per heavy atom. The van der Waals surface area contributed by atoms with E-state index in [1.54, 1.807) is 6.07 Å². The average Bonchev–Trinajstić information content (AvgIpc) is 2.16. The molecule has 6 heteroatoms. The van der Waals surface area contributed by atoms with Gasteiger partial charge in [0.25, 0.3) is 0 Å². The maximum absolute atomic E-state index is 8.08. The van der Waals surface area contributed by atoms with Crippen LogP contribution in [0.15, 0.2) is 23.3 Å². The van der Waals surface area contributed by atoms with Gasteiger partial charge in [-0.3, -0.25) is 0 Å². The predicted molar refractivity (Wildman–Crippen MR) is 54.5 cm³/mol. The van der Waals surface area contributed by atoms with E-state index in [1.807, 2.05) is 12.1 Å². The number of azide groups is 1. The van der Waals surface area contributed by atoms with Crippen molar-refractivity contribution in [3.63, 3.8) is 0 Å². The van der Waals surface area contributed by atoms with Crippen LogP contribution >= 0.6 is 0 Å². The summed E-state index contributed by atoms with van der Waals surface area (Å²) >= 11 is 0. The van der Waals surface area contributed by atoms with Gasteiger partial charge in [0.15, 0.2) is 6.73 Å². The van der Waals surface area contributed by atoms with Gasteiger partial charge in [-0.25, -0.2) is 4.98 Å². The van der Waals surface area contributed by atoms with Gasteiger partial charge in [-0.2, -0.15) is 0 Å². The Balaban J connectivity index is 2.01. The van der Waals surface area contributed by atoms with Crippen molar-refractivity contribution >= 4 is 0 Å². The lowest BCUT2D eigenvalue weighted by Gasteiger charge is -2.26. The molecule has 0 radical (unpaired) electrons. The molecule has 6 nitrogen and oxygen atoms in total. The summed E-state index contributed by atoms with van der Waals surface area (Å²) in [6.07, 6.45) is 0. The zero-order valence-electron chi connectivity index (χ0n) is 8.13. The highest BCUT2D eigenvalue weighted by Gasteiger charge is 2.20. The van der Waals surface area contributed by atoms with Crippen LogP contribution in [0.5, 0.6) is 5.88 Å². The van der Waals surface area contributed by atoms with E-state index in [-0.39, 0.29) is 6.73 Å². The SMILES string of the molecule is [N-]=[N+]=NCOc1cccc(C2CNC2)n1. The number of pyridine rings is 1. The molecule has 0 aliphatic carbocycles. The molecule has 1 N–H and O–H groups in total. The molecule has 1 aliphatic rings. The van der Waals surface area contributed by atoms with Gasteiger partial charge in [-0.1, -0.05) is 11.2 Å². The first-order chi connectivity index (χ1) is 7.40. The molecule has 0 spiro atoms. The molecule has 0 saturated carbocycles. The maximum atomic E-state index is 8.08. The summed E-state index contributed by atoms with van der Waals surface area (Å²) in [6, 6.07) is 5.63. The molecule has 1 saturated heterocycles. The minimum atomic E-state index is -0.0180. The summed E-state index contributed by atoms with van der Waals surface area (Å²) in [5.74, 6) is 0.986. The first kappa shape index (κ1) is 9.76. The standard InChI is InChI=1S/C9H11N5O/c10-14-12-6-15-9-3-1-2-8(13-9)7-4-11-5-7/h1-3,7,11H,4-6H2. The number of nitrogens with one attached hydrogen (secondary N) is 1. The van der Waals surface area contributed by atoms with Crippen molar-refractivity contribution < 1.29 is 4.74 Å². The van der Waals surface area contributed by atoms with Crippen molar-refractivity contribution in [3.05, 3.63) is 34.3 Å². The highest BCUT2D eigenvalue weighted by atomic mass is 16.5. The summed E-state index contributed by atoms with van der Waals surface area (Å²) in [7, 11) is 0. The van der Waals surface area contributed by atoms with E-state index in [2.05, 4.69) is 20.3 Å². The number of rotatable bonds is 4. The van der Waals surface area contributed by atoms with Gasteiger partial charge in [0.05, 0.1) is 5.69 Å². The molecular formula is C9H11N5O. The lowest BCUT2D eigenvalue weighted by Crippen LogP contribution is -2.40. The summed E-state index contributed by atoms with van der Waals surface area (Å²) in [4.78, 5) is 6.92. The van der Waals surface area contributed by atoms with E-state index in [0.717, 1.165) is 18.8 Å². The Morgan fingerprint density at radius 1 is 1.60 bits per heavy atom. The molecule has 1 fully saturated rings. The van der Waals surface area contributed by atoms with E-state index in [1.165, 1.54) is 0 Å².